The van der Waals surface area contributed by atoms with Gasteiger partial charge in [-0.05, 0) is 51.3 Å². The number of H-pyrrole nitrogens is 1. The lowest BCUT2D eigenvalue weighted by molar-refractivity contribution is -0.671. The van der Waals surface area contributed by atoms with E-state index in [0.29, 0.717) is 12.1 Å². The molecular weight excluding hydrogens is 606 g/mol. The van der Waals surface area contributed by atoms with Gasteiger partial charge in [-0.15, -0.1) is 0 Å². The van der Waals surface area contributed by atoms with Gasteiger partial charge < -0.3 is 33.8 Å². The molecule has 11 atom stereocenters. The summed E-state index contributed by atoms with van der Waals surface area (Å²) >= 11 is 0. The molecule has 1 spiro atoms. The van der Waals surface area contributed by atoms with Gasteiger partial charge in [0, 0.05) is 37.0 Å². The summed E-state index contributed by atoms with van der Waals surface area (Å²) in [5.74, 6) is -2.68. The molecule has 12 nitrogen and oxygen atoms in total. The summed E-state index contributed by atoms with van der Waals surface area (Å²) < 4.78 is 34.1. The molecule has 4 heterocycles. The molecule has 2 aromatic rings. The summed E-state index contributed by atoms with van der Waals surface area (Å²) in [5, 5.41) is 10.6. The number of aromatic amines is 1. The molecule has 1 aliphatic carbocycles. The highest BCUT2D eigenvalue weighted by molar-refractivity contribution is 5.87. The van der Waals surface area contributed by atoms with E-state index in [4.69, 9.17) is 23.7 Å². The van der Waals surface area contributed by atoms with Crippen LogP contribution >= 0.6 is 0 Å². The number of aliphatic hydroxyl groups excluding tert-OH is 1. The third kappa shape index (κ3) is 7.24. The van der Waals surface area contributed by atoms with Crippen molar-refractivity contribution in [3.63, 3.8) is 0 Å². The summed E-state index contributed by atoms with van der Waals surface area (Å²) in [6, 6.07) is 3.36. The zero-order valence-electron chi connectivity index (χ0n) is 28.2. The smallest absolute Gasteiger partial charge is 0.355 e. The second-order valence-electron chi connectivity index (χ2n) is 13.4. The van der Waals surface area contributed by atoms with Gasteiger partial charge in [0.05, 0.1) is 18.8 Å². The number of fused-ring (bicyclic) bond motifs is 1. The number of aromatic nitrogens is 3. The second kappa shape index (κ2) is 14.2. The van der Waals surface area contributed by atoms with E-state index in [1.807, 2.05) is 44.7 Å². The Labute approximate surface area is 275 Å². The first-order valence-corrected chi connectivity index (χ1v) is 16.3. The van der Waals surface area contributed by atoms with Gasteiger partial charge in [-0.25, -0.2) is 23.5 Å². The fraction of sp³-hybridized carbons (Fsp3) is 0.600. The number of rotatable bonds is 10. The van der Waals surface area contributed by atoms with Crippen LogP contribution < -0.4 is 4.57 Å². The van der Waals surface area contributed by atoms with E-state index in [1.165, 1.54) is 7.11 Å². The van der Waals surface area contributed by atoms with E-state index in [-0.39, 0.29) is 30.7 Å². The Morgan fingerprint density at radius 1 is 1.21 bits per heavy atom. The molecule has 1 fully saturated rings. The number of hydrogen-bond acceptors (Lipinski definition) is 9. The predicted molar refractivity (Wildman–Crippen MR) is 169 cm³/mol. The zero-order valence-corrected chi connectivity index (χ0v) is 28.2. The standard InChI is InChI=1S/C35H47N3O9/c1-20-15-21(2)35-17-25(32(47-35)31(22(3)23(4)39)46-33(41)27-9-8-12-36-27)10-11-26(35)16-28(43-7)34(42)45-30(20)24(5)44-29(40)18-38-14-13-37(6)19-38/h8-15,19-20,22-26,28,30-32,39H,16-18H2,1-7H3/p+1/b21-15+/t20-,22-,23+,24-,25-,26?,28+,30+,31-,32-,35+/m1/s1. The molecule has 2 aromatic heterocycles. The molecule has 0 aromatic carbocycles. The molecule has 2 aliphatic heterocycles. The fourth-order valence-corrected chi connectivity index (χ4v) is 7.26. The molecule has 0 saturated carbocycles. The van der Waals surface area contributed by atoms with Crippen LogP contribution in [0, 0.1) is 23.7 Å². The lowest BCUT2D eigenvalue weighted by Gasteiger charge is -2.41. The minimum Gasteiger partial charge on any atom is -0.456 e. The number of carbonyl (C=O) groups is 3. The number of carbonyl (C=O) groups excluding carboxylic acids is 3. The number of aliphatic hydroxyl groups is 1. The van der Waals surface area contributed by atoms with E-state index < -0.39 is 66.1 Å². The number of cyclic esters (lactones) is 1. The molecular formula is C35H48N3O9+. The Kier molecular flexibility index (Phi) is 10.4. The minimum absolute atomic E-state index is 0.0179. The Morgan fingerprint density at radius 2 is 1.98 bits per heavy atom. The van der Waals surface area contributed by atoms with Crippen LogP contribution in [0.3, 0.4) is 0 Å². The van der Waals surface area contributed by atoms with Crippen molar-refractivity contribution in [3.05, 3.63) is 66.5 Å². The van der Waals surface area contributed by atoms with Crippen molar-refractivity contribution in [3.8, 4) is 0 Å². The van der Waals surface area contributed by atoms with Crippen LogP contribution in [0.5, 0.6) is 0 Å². The van der Waals surface area contributed by atoms with Crippen molar-refractivity contribution in [1.29, 1.82) is 0 Å². The van der Waals surface area contributed by atoms with Crippen LogP contribution in [-0.4, -0.2) is 81.9 Å². The highest BCUT2D eigenvalue weighted by Crippen LogP contribution is 2.53. The number of nitrogens with zero attached hydrogens (tertiary/aromatic N) is 2. The first kappa shape index (κ1) is 34.6. The van der Waals surface area contributed by atoms with Gasteiger partial charge in [0.1, 0.15) is 42.5 Å². The maximum absolute atomic E-state index is 13.6. The van der Waals surface area contributed by atoms with Crippen molar-refractivity contribution in [2.75, 3.05) is 7.11 Å². The van der Waals surface area contributed by atoms with Gasteiger partial charge in [0.2, 0.25) is 6.33 Å². The SMILES string of the molecule is CO[C@H]1CC2C=C[C@@H]3C[C@]2(O[C@H]3[C@H](OC(=O)c2ccc[nH]2)[C@H](C)[C@H](C)O)/C(C)=C/[C@@H](C)[C@@H]([C@@H](C)OC(=O)Cn2cc[n+](C)c2)OC1=O. The van der Waals surface area contributed by atoms with Gasteiger partial charge >= 0.3 is 17.9 Å². The molecule has 1 saturated heterocycles. The number of aryl methyl sites for hydroxylation is 1. The number of imidazole rings is 1. The molecule has 1 unspecified atom stereocenters. The number of ether oxygens (including phenoxy) is 5. The number of nitrogens with one attached hydrogen (secondary N) is 1. The van der Waals surface area contributed by atoms with E-state index in [0.717, 1.165) is 5.57 Å². The summed E-state index contributed by atoms with van der Waals surface area (Å²) in [6.07, 6.45) is 9.56. The van der Waals surface area contributed by atoms with Crippen LogP contribution in [-0.2, 0) is 46.9 Å². The van der Waals surface area contributed by atoms with Gasteiger partial charge in [0.15, 0.2) is 12.6 Å². The normalized spacial score (nSPS) is 32.6. The summed E-state index contributed by atoms with van der Waals surface area (Å²) in [7, 11) is 3.33. The quantitative estimate of drug-likeness (QED) is 0.171. The topological polar surface area (TPSA) is 142 Å². The van der Waals surface area contributed by atoms with E-state index in [2.05, 4.69) is 17.1 Å². The molecule has 2 bridgehead atoms. The third-order valence-corrected chi connectivity index (χ3v) is 10.0. The lowest BCUT2D eigenvalue weighted by Crippen LogP contribution is -2.48. The van der Waals surface area contributed by atoms with Crippen LogP contribution in [0.25, 0.3) is 0 Å². The van der Waals surface area contributed by atoms with Gasteiger partial charge in [-0.2, -0.15) is 0 Å². The molecule has 2 N–H and O–H groups in total. The number of methoxy groups -OCH3 is 1. The molecule has 47 heavy (non-hydrogen) atoms. The summed E-state index contributed by atoms with van der Waals surface area (Å²) in [5.41, 5.74) is 0.409. The Hall–Kier alpha value is -3.74. The van der Waals surface area contributed by atoms with Gasteiger partial charge in [0.25, 0.3) is 0 Å². The van der Waals surface area contributed by atoms with E-state index in [1.54, 1.807) is 49.3 Å². The highest BCUT2D eigenvalue weighted by atomic mass is 16.6. The zero-order chi connectivity index (χ0) is 34.0. The predicted octanol–water partition coefficient (Wildman–Crippen LogP) is 3.06. The van der Waals surface area contributed by atoms with Crippen LogP contribution in [0.4, 0.5) is 0 Å². The van der Waals surface area contributed by atoms with Gasteiger partial charge in [-0.1, -0.05) is 32.1 Å². The van der Waals surface area contributed by atoms with Crippen molar-refractivity contribution in [2.45, 2.75) is 96.2 Å². The maximum atomic E-state index is 13.6. The Bertz CT molecular complexity index is 1480. The van der Waals surface area contributed by atoms with Crippen molar-refractivity contribution >= 4 is 17.9 Å². The first-order valence-electron chi connectivity index (χ1n) is 16.3. The molecule has 256 valence electrons. The Morgan fingerprint density at radius 3 is 2.62 bits per heavy atom. The first-order chi connectivity index (χ1) is 22.3. The van der Waals surface area contributed by atoms with Crippen molar-refractivity contribution in [1.82, 2.24) is 9.55 Å². The average molecular weight is 655 g/mol. The van der Waals surface area contributed by atoms with E-state index in [9.17, 15) is 19.5 Å². The van der Waals surface area contributed by atoms with Crippen LogP contribution in [0.2, 0.25) is 0 Å². The summed E-state index contributed by atoms with van der Waals surface area (Å²) in [4.78, 5) is 42.4. The average Bonchev–Trinajstić information content (AvgIpc) is 3.77. The third-order valence-electron chi connectivity index (χ3n) is 10.0. The monoisotopic (exact) mass is 654 g/mol. The molecule has 0 radical (unpaired) electrons. The van der Waals surface area contributed by atoms with Crippen LogP contribution in [0.15, 0.2) is 60.9 Å². The fourth-order valence-electron chi connectivity index (χ4n) is 7.26. The van der Waals surface area contributed by atoms with Crippen molar-refractivity contribution in [2.24, 2.45) is 30.7 Å². The van der Waals surface area contributed by atoms with Crippen molar-refractivity contribution < 1.29 is 47.7 Å². The van der Waals surface area contributed by atoms with Gasteiger partial charge in [-0.3, -0.25) is 0 Å². The number of esters is 3. The second-order valence-corrected chi connectivity index (χ2v) is 13.4. The molecule has 12 heteroatoms. The molecule has 5 rings (SSSR count). The molecule has 3 aliphatic rings. The summed E-state index contributed by atoms with van der Waals surface area (Å²) in [6.45, 7) is 9.19. The lowest BCUT2D eigenvalue weighted by atomic mass is 9.69. The highest BCUT2D eigenvalue weighted by Gasteiger charge is 2.57. The maximum Gasteiger partial charge on any atom is 0.355 e. The van der Waals surface area contributed by atoms with Crippen LogP contribution in [0.1, 0.15) is 57.9 Å². The molecule has 0 amide bonds. The number of hydrogen-bond donors (Lipinski definition) is 2. The Balaban J connectivity index is 1.44. The largest absolute Gasteiger partial charge is 0.456 e. The van der Waals surface area contributed by atoms with E-state index >= 15 is 0 Å². The minimum atomic E-state index is -0.901.